The van der Waals surface area contributed by atoms with Crippen molar-refractivity contribution >= 4 is 15.9 Å². The summed E-state index contributed by atoms with van der Waals surface area (Å²) in [5.41, 5.74) is 0. The van der Waals surface area contributed by atoms with Gasteiger partial charge in [-0.05, 0) is 25.2 Å². The van der Waals surface area contributed by atoms with Crippen LogP contribution in [0.5, 0.6) is 0 Å². The molecule has 0 N–H and O–H groups in total. The van der Waals surface area contributed by atoms with Gasteiger partial charge in [0.1, 0.15) is 0 Å². The standard InChI is InChI=1S/C18H35Br/c1-2-3-4-5-6-7-8-9-10-11-12-13-14-18(19)17-15-16-17/h17-18H,2-16H2,1H3. The van der Waals surface area contributed by atoms with Crippen LogP contribution in [0, 0.1) is 5.92 Å². The van der Waals surface area contributed by atoms with Crippen molar-refractivity contribution in [3.05, 3.63) is 0 Å². The lowest BCUT2D eigenvalue weighted by atomic mass is 10.0. The summed E-state index contributed by atoms with van der Waals surface area (Å²) in [5, 5.41) is 0. The Morgan fingerprint density at radius 1 is 0.737 bits per heavy atom. The maximum absolute atomic E-state index is 3.83. The van der Waals surface area contributed by atoms with Gasteiger partial charge in [-0.15, -0.1) is 0 Å². The first kappa shape index (κ1) is 17.5. The molecule has 1 unspecified atom stereocenters. The number of hydrogen-bond acceptors (Lipinski definition) is 0. The van der Waals surface area contributed by atoms with Crippen LogP contribution < -0.4 is 0 Å². The lowest BCUT2D eigenvalue weighted by molar-refractivity contribution is 0.534. The van der Waals surface area contributed by atoms with Gasteiger partial charge in [-0.3, -0.25) is 0 Å². The fourth-order valence-corrected chi connectivity index (χ4v) is 3.73. The second kappa shape index (κ2) is 12.2. The van der Waals surface area contributed by atoms with E-state index in [1.807, 2.05) is 0 Å². The van der Waals surface area contributed by atoms with Crippen LogP contribution >= 0.6 is 15.9 Å². The Hall–Kier alpha value is 0.480. The number of halogens is 1. The third-order valence-corrected chi connectivity index (χ3v) is 5.67. The summed E-state index contributed by atoms with van der Waals surface area (Å²) in [4.78, 5) is 0.843. The Kier molecular flexibility index (Phi) is 11.3. The Bertz CT molecular complexity index is 186. The van der Waals surface area contributed by atoms with Crippen molar-refractivity contribution in [1.29, 1.82) is 0 Å². The van der Waals surface area contributed by atoms with Crippen molar-refractivity contribution in [2.24, 2.45) is 5.92 Å². The molecule has 19 heavy (non-hydrogen) atoms. The molecule has 114 valence electrons. The van der Waals surface area contributed by atoms with E-state index in [-0.39, 0.29) is 0 Å². The molecule has 0 amide bonds. The molecule has 0 aromatic rings. The molecule has 0 aliphatic heterocycles. The maximum Gasteiger partial charge on any atom is 0.0174 e. The van der Waals surface area contributed by atoms with Gasteiger partial charge in [0.2, 0.25) is 0 Å². The van der Waals surface area contributed by atoms with Crippen molar-refractivity contribution in [2.45, 2.75) is 108 Å². The molecule has 1 aliphatic rings. The van der Waals surface area contributed by atoms with Crippen molar-refractivity contribution in [1.82, 2.24) is 0 Å². The van der Waals surface area contributed by atoms with E-state index in [0.29, 0.717) is 0 Å². The summed E-state index contributed by atoms with van der Waals surface area (Å²) < 4.78 is 0. The van der Waals surface area contributed by atoms with Crippen molar-refractivity contribution in [3.8, 4) is 0 Å². The predicted octanol–water partition coefficient (Wildman–Crippen LogP) is 7.25. The summed E-state index contributed by atoms with van der Waals surface area (Å²) >= 11 is 3.83. The SMILES string of the molecule is CCCCCCCCCCCCCCC(Br)C1CC1. The molecule has 1 atom stereocenters. The molecule has 0 bridgehead atoms. The molecule has 0 spiro atoms. The normalized spacial score (nSPS) is 16.7. The van der Waals surface area contributed by atoms with Crippen LogP contribution in [0.25, 0.3) is 0 Å². The topological polar surface area (TPSA) is 0 Å². The first-order valence-corrected chi connectivity index (χ1v) is 9.90. The van der Waals surface area contributed by atoms with E-state index < -0.39 is 0 Å². The van der Waals surface area contributed by atoms with Crippen LogP contribution in [0.3, 0.4) is 0 Å². The van der Waals surface area contributed by atoms with Gasteiger partial charge in [0.05, 0.1) is 0 Å². The van der Waals surface area contributed by atoms with Crippen molar-refractivity contribution in [2.75, 3.05) is 0 Å². The first-order valence-electron chi connectivity index (χ1n) is 8.98. The molecule has 1 saturated carbocycles. The molecular weight excluding hydrogens is 296 g/mol. The van der Waals surface area contributed by atoms with Crippen LogP contribution in [0.4, 0.5) is 0 Å². The Morgan fingerprint density at radius 3 is 1.58 bits per heavy atom. The number of rotatable bonds is 14. The largest absolute Gasteiger partial charge is 0.0888 e. The fraction of sp³-hybridized carbons (Fsp3) is 1.00. The number of hydrogen-bond donors (Lipinski definition) is 0. The number of alkyl halides is 1. The maximum atomic E-state index is 3.83. The van der Waals surface area contributed by atoms with E-state index in [0.717, 1.165) is 10.7 Å². The molecule has 1 rings (SSSR count). The van der Waals surface area contributed by atoms with Crippen LogP contribution in [-0.2, 0) is 0 Å². The van der Waals surface area contributed by atoms with Gasteiger partial charge < -0.3 is 0 Å². The second-order valence-electron chi connectivity index (χ2n) is 6.53. The van der Waals surface area contributed by atoms with E-state index in [4.69, 9.17) is 0 Å². The summed E-state index contributed by atoms with van der Waals surface area (Å²) in [7, 11) is 0. The Balaban J connectivity index is 1.67. The van der Waals surface area contributed by atoms with Gasteiger partial charge in [0, 0.05) is 4.83 Å². The third-order valence-electron chi connectivity index (χ3n) is 4.47. The molecular formula is C18H35Br. The first-order chi connectivity index (χ1) is 9.34. The molecule has 0 aromatic heterocycles. The molecule has 0 aromatic carbocycles. The highest BCUT2D eigenvalue weighted by molar-refractivity contribution is 9.09. The van der Waals surface area contributed by atoms with Crippen molar-refractivity contribution in [3.63, 3.8) is 0 Å². The minimum absolute atomic E-state index is 0.843. The van der Waals surface area contributed by atoms with Gasteiger partial charge in [-0.2, -0.15) is 0 Å². The van der Waals surface area contributed by atoms with Gasteiger partial charge in [-0.1, -0.05) is 99.9 Å². The highest BCUT2D eigenvalue weighted by Gasteiger charge is 2.28. The summed E-state index contributed by atoms with van der Waals surface area (Å²) in [6, 6.07) is 0. The Morgan fingerprint density at radius 2 is 1.16 bits per heavy atom. The van der Waals surface area contributed by atoms with E-state index >= 15 is 0 Å². The molecule has 0 nitrogen and oxygen atoms in total. The fourth-order valence-electron chi connectivity index (χ4n) is 2.87. The van der Waals surface area contributed by atoms with Gasteiger partial charge >= 0.3 is 0 Å². The lowest BCUT2D eigenvalue weighted by Crippen LogP contribution is -1.99. The average molecular weight is 331 g/mol. The zero-order valence-corrected chi connectivity index (χ0v) is 14.7. The summed E-state index contributed by atoms with van der Waals surface area (Å²) in [5.74, 6) is 1.03. The zero-order valence-electron chi connectivity index (χ0n) is 13.1. The van der Waals surface area contributed by atoms with Gasteiger partial charge in [-0.25, -0.2) is 0 Å². The molecule has 0 radical (unpaired) electrons. The smallest absolute Gasteiger partial charge is 0.0174 e. The van der Waals surface area contributed by atoms with Crippen LogP contribution in [0.15, 0.2) is 0 Å². The highest BCUT2D eigenvalue weighted by Crippen LogP contribution is 2.38. The van der Waals surface area contributed by atoms with Crippen LogP contribution in [-0.4, -0.2) is 4.83 Å². The monoisotopic (exact) mass is 330 g/mol. The van der Waals surface area contributed by atoms with E-state index in [1.165, 1.54) is 96.3 Å². The zero-order chi connectivity index (χ0) is 13.8. The molecule has 0 heterocycles. The second-order valence-corrected chi connectivity index (χ2v) is 7.71. The Labute approximate surface area is 130 Å². The van der Waals surface area contributed by atoms with E-state index in [9.17, 15) is 0 Å². The van der Waals surface area contributed by atoms with Crippen LogP contribution in [0.1, 0.15) is 103 Å². The third kappa shape index (κ3) is 10.9. The molecule has 1 heteroatoms. The van der Waals surface area contributed by atoms with Gasteiger partial charge in [0.25, 0.3) is 0 Å². The highest BCUT2D eigenvalue weighted by atomic mass is 79.9. The van der Waals surface area contributed by atoms with Crippen molar-refractivity contribution < 1.29 is 0 Å². The molecule has 0 saturated heterocycles. The quantitative estimate of drug-likeness (QED) is 0.232. The van der Waals surface area contributed by atoms with E-state index in [1.54, 1.807) is 0 Å². The number of unbranched alkanes of at least 4 members (excludes halogenated alkanes) is 11. The molecule has 1 fully saturated rings. The lowest BCUT2D eigenvalue weighted by Gasteiger charge is -2.07. The average Bonchev–Trinajstić information content (AvgIpc) is 3.24. The van der Waals surface area contributed by atoms with E-state index in [2.05, 4.69) is 22.9 Å². The van der Waals surface area contributed by atoms with Gasteiger partial charge in [0.15, 0.2) is 0 Å². The van der Waals surface area contributed by atoms with Crippen LogP contribution in [0.2, 0.25) is 0 Å². The minimum atomic E-state index is 0.843. The minimum Gasteiger partial charge on any atom is -0.0888 e. The molecule has 1 aliphatic carbocycles. The summed E-state index contributed by atoms with van der Waals surface area (Å²) in [6.45, 7) is 2.29. The predicted molar refractivity (Wildman–Crippen MR) is 91.1 cm³/mol. The summed E-state index contributed by atoms with van der Waals surface area (Å²) in [6.07, 6.45) is 21.9.